The molecule has 0 saturated carbocycles. The maximum absolute atomic E-state index is 12.8. The molecule has 0 spiro atoms. The van der Waals surface area contributed by atoms with E-state index in [-0.39, 0.29) is 22.6 Å². The molecule has 11 heteroatoms. The predicted octanol–water partition coefficient (Wildman–Crippen LogP) is 3.50. The minimum absolute atomic E-state index is 0.0160. The Morgan fingerprint density at radius 1 is 1.06 bits per heavy atom. The number of carbonyl (C=O) groups is 3. The van der Waals surface area contributed by atoms with Gasteiger partial charge in [0.15, 0.2) is 11.0 Å². The van der Waals surface area contributed by atoms with Crippen LogP contribution < -0.4 is 10.2 Å². The summed E-state index contributed by atoms with van der Waals surface area (Å²) in [4.78, 5) is 38.8. The first-order valence-corrected chi connectivity index (χ1v) is 11.8. The van der Waals surface area contributed by atoms with E-state index in [0.29, 0.717) is 17.5 Å². The maximum atomic E-state index is 12.8. The lowest BCUT2D eigenvalue weighted by Gasteiger charge is -2.13. The molecule has 188 valence electrons. The molecule has 0 aliphatic carbocycles. The molecule has 0 unspecified atom stereocenters. The molecule has 36 heavy (non-hydrogen) atoms. The fourth-order valence-electron chi connectivity index (χ4n) is 3.31. The number of carbonyl (C=O) groups excluding carboxylic acids is 3. The lowest BCUT2D eigenvalue weighted by Crippen LogP contribution is -2.18. The minimum Gasteiger partial charge on any atom is -0.465 e. The van der Waals surface area contributed by atoms with E-state index in [9.17, 15) is 14.4 Å². The number of allylic oxidation sites excluding steroid dienone is 1. The highest BCUT2D eigenvalue weighted by Crippen LogP contribution is 2.26. The number of methoxy groups -OCH3 is 2. The Labute approximate surface area is 213 Å². The molecule has 3 aromatic rings. The molecule has 10 nitrogen and oxygen atoms in total. The van der Waals surface area contributed by atoms with E-state index in [1.807, 2.05) is 47.8 Å². The molecule has 0 aliphatic rings. The van der Waals surface area contributed by atoms with E-state index < -0.39 is 17.8 Å². The zero-order chi connectivity index (χ0) is 26.2. The van der Waals surface area contributed by atoms with Crippen LogP contribution in [0.1, 0.15) is 20.7 Å². The van der Waals surface area contributed by atoms with Gasteiger partial charge in [0.25, 0.3) is 0 Å². The number of hydrogen-bond acceptors (Lipinski definition) is 9. The van der Waals surface area contributed by atoms with Crippen LogP contribution in [-0.2, 0) is 20.8 Å². The number of rotatable bonds is 10. The Balaban J connectivity index is 1.79. The fraction of sp³-hybridized carbons (Fsp3) is 0.240. The van der Waals surface area contributed by atoms with Crippen LogP contribution in [0.3, 0.4) is 0 Å². The number of amides is 1. The van der Waals surface area contributed by atoms with Gasteiger partial charge in [-0.15, -0.1) is 16.8 Å². The Morgan fingerprint density at radius 2 is 1.75 bits per heavy atom. The van der Waals surface area contributed by atoms with Crippen LogP contribution in [0.2, 0.25) is 0 Å². The number of aromatic nitrogens is 3. The number of benzene rings is 2. The van der Waals surface area contributed by atoms with Crippen molar-refractivity contribution in [3.63, 3.8) is 0 Å². The maximum Gasteiger partial charge on any atom is 0.339 e. The number of esters is 2. The van der Waals surface area contributed by atoms with Crippen LogP contribution in [0, 0.1) is 0 Å². The summed E-state index contributed by atoms with van der Waals surface area (Å²) in [6.07, 6.45) is 1.73. The Kier molecular flexibility index (Phi) is 8.85. The number of thioether (sulfide) groups is 1. The highest BCUT2D eigenvalue weighted by atomic mass is 32.2. The van der Waals surface area contributed by atoms with Crippen LogP contribution in [0.25, 0.3) is 11.4 Å². The van der Waals surface area contributed by atoms with Crippen molar-refractivity contribution >= 4 is 41.0 Å². The summed E-state index contributed by atoms with van der Waals surface area (Å²) < 4.78 is 11.4. The molecule has 1 amide bonds. The van der Waals surface area contributed by atoms with E-state index in [0.717, 1.165) is 11.3 Å². The van der Waals surface area contributed by atoms with Crippen molar-refractivity contribution in [2.45, 2.75) is 11.7 Å². The molecule has 0 bridgehead atoms. The molecule has 2 aromatic carbocycles. The molecular formula is C25H27N5O5S. The normalized spacial score (nSPS) is 10.4. The number of nitrogens with one attached hydrogen (secondary N) is 1. The van der Waals surface area contributed by atoms with E-state index in [1.54, 1.807) is 6.08 Å². The smallest absolute Gasteiger partial charge is 0.339 e. The van der Waals surface area contributed by atoms with E-state index in [4.69, 9.17) is 9.47 Å². The molecule has 0 atom stereocenters. The van der Waals surface area contributed by atoms with Crippen molar-refractivity contribution in [3.05, 3.63) is 66.2 Å². The molecular weight excluding hydrogens is 482 g/mol. The molecule has 1 heterocycles. The number of hydrogen-bond donors (Lipinski definition) is 1. The molecule has 3 rings (SSSR count). The van der Waals surface area contributed by atoms with Gasteiger partial charge in [0, 0.05) is 31.9 Å². The second kappa shape index (κ2) is 12.0. The molecule has 0 aliphatic heterocycles. The van der Waals surface area contributed by atoms with Gasteiger partial charge in [-0.25, -0.2) is 9.59 Å². The Morgan fingerprint density at radius 3 is 2.36 bits per heavy atom. The van der Waals surface area contributed by atoms with Crippen LogP contribution in [0.5, 0.6) is 0 Å². The predicted molar refractivity (Wildman–Crippen MR) is 138 cm³/mol. The van der Waals surface area contributed by atoms with E-state index >= 15 is 0 Å². The highest BCUT2D eigenvalue weighted by molar-refractivity contribution is 7.99. The second-order valence-electron chi connectivity index (χ2n) is 7.73. The summed E-state index contributed by atoms with van der Waals surface area (Å²) in [5.74, 6) is -1.01. The third-order valence-corrected chi connectivity index (χ3v) is 6.09. The van der Waals surface area contributed by atoms with Crippen LogP contribution >= 0.6 is 11.8 Å². The fourth-order valence-corrected chi connectivity index (χ4v) is 4.06. The van der Waals surface area contributed by atoms with Gasteiger partial charge in [-0.3, -0.25) is 9.36 Å². The van der Waals surface area contributed by atoms with Gasteiger partial charge >= 0.3 is 11.9 Å². The van der Waals surface area contributed by atoms with E-state index in [2.05, 4.69) is 22.1 Å². The largest absolute Gasteiger partial charge is 0.465 e. The first-order valence-electron chi connectivity index (χ1n) is 10.8. The number of anilines is 2. The Bertz CT molecular complexity index is 1270. The number of nitrogens with zero attached hydrogens (tertiary/aromatic N) is 4. The average molecular weight is 510 g/mol. The van der Waals surface area contributed by atoms with E-state index in [1.165, 1.54) is 44.2 Å². The van der Waals surface area contributed by atoms with Crippen LogP contribution in [0.15, 0.2) is 60.3 Å². The highest BCUT2D eigenvalue weighted by Gasteiger charge is 2.19. The quantitative estimate of drug-likeness (QED) is 0.249. The molecule has 0 fully saturated rings. The summed E-state index contributed by atoms with van der Waals surface area (Å²) in [6, 6.07) is 12.1. The first kappa shape index (κ1) is 26.5. The monoisotopic (exact) mass is 509 g/mol. The van der Waals surface area contributed by atoms with Gasteiger partial charge in [-0.2, -0.15) is 0 Å². The summed E-state index contributed by atoms with van der Waals surface area (Å²) in [7, 11) is 6.41. The average Bonchev–Trinajstić information content (AvgIpc) is 3.29. The first-order chi connectivity index (χ1) is 17.3. The van der Waals surface area contributed by atoms with Gasteiger partial charge in [0.05, 0.1) is 36.8 Å². The lowest BCUT2D eigenvalue weighted by atomic mass is 10.1. The summed E-state index contributed by atoms with van der Waals surface area (Å²) in [5, 5.41) is 11.8. The SMILES string of the molecule is C=CCn1c(SCC(=O)Nc2cc(C(=O)OC)ccc2C(=O)OC)nnc1-c1ccc(N(C)C)cc1. The summed E-state index contributed by atoms with van der Waals surface area (Å²) in [6.45, 7) is 4.26. The topological polar surface area (TPSA) is 116 Å². The van der Waals surface area contributed by atoms with Crippen molar-refractivity contribution < 1.29 is 23.9 Å². The third kappa shape index (κ3) is 6.11. The van der Waals surface area contributed by atoms with Gasteiger partial charge in [0.1, 0.15) is 0 Å². The lowest BCUT2D eigenvalue weighted by molar-refractivity contribution is -0.113. The Hall–Kier alpha value is -4.12. The van der Waals surface area contributed by atoms with Gasteiger partial charge < -0.3 is 19.7 Å². The molecule has 0 radical (unpaired) electrons. The molecule has 1 aromatic heterocycles. The van der Waals surface area contributed by atoms with Gasteiger partial charge in [0.2, 0.25) is 5.91 Å². The standard InChI is InChI=1S/C25H27N5O5S/c1-6-13-30-22(16-7-10-18(11-8-16)29(2)3)27-28-25(30)36-15-21(31)26-20-14-17(23(32)34-4)9-12-19(20)24(33)35-5/h6-12,14H,1,13,15H2,2-5H3,(H,26,31). The van der Waals surface area contributed by atoms with Crippen LogP contribution in [0.4, 0.5) is 11.4 Å². The van der Waals surface area contributed by atoms with Crippen LogP contribution in [-0.4, -0.2) is 66.7 Å². The van der Waals surface area contributed by atoms with Crippen molar-refractivity contribution in [1.82, 2.24) is 14.8 Å². The zero-order valence-electron chi connectivity index (χ0n) is 20.5. The zero-order valence-corrected chi connectivity index (χ0v) is 21.3. The third-order valence-electron chi connectivity index (χ3n) is 5.12. The molecule has 0 saturated heterocycles. The number of ether oxygens (including phenoxy) is 2. The second-order valence-corrected chi connectivity index (χ2v) is 8.67. The molecule has 1 N–H and O–H groups in total. The van der Waals surface area contributed by atoms with Gasteiger partial charge in [-0.05, 0) is 42.5 Å². The van der Waals surface area contributed by atoms with Crippen molar-refractivity contribution in [1.29, 1.82) is 0 Å². The van der Waals surface area contributed by atoms with Crippen molar-refractivity contribution in [2.24, 2.45) is 0 Å². The van der Waals surface area contributed by atoms with Crippen molar-refractivity contribution in [3.8, 4) is 11.4 Å². The van der Waals surface area contributed by atoms with Crippen molar-refractivity contribution in [2.75, 3.05) is 44.3 Å². The summed E-state index contributed by atoms with van der Waals surface area (Å²) in [5.41, 5.74) is 2.38. The van der Waals surface area contributed by atoms with Gasteiger partial charge in [-0.1, -0.05) is 17.8 Å². The minimum atomic E-state index is -0.648. The summed E-state index contributed by atoms with van der Waals surface area (Å²) >= 11 is 1.19.